The Bertz CT molecular complexity index is 1110. The molecule has 1 amide bonds. The van der Waals surface area contributed by atoms with Gasteiger partial charge in [0.25, 0.3) is 0 Å². The Morgan fingerprint density at radius 3 is 2.71 bits per heavy atom. The van der Waals surface area contributed by atoms with Crippen LogP contribution in [-0.4, -0.2) is 71.6 Å². The zero-order valence-electron chi connectivity index (χ0n) is 17.9. The molecular weight excluding hydrogens is 396 g/mol. The number of anilines is 1. The molecule has 0 aromatic carbocycles. The maximum Gasteiger partial charge on any atom is 0.245 e. The van der Waals surface area contributed by atoms with Crippen LogP contribution < -0.4 is 5.32 Å². The van der Waals surface area contributed by atoms with Crippen LogP contribution in [0, 0.1) is 6.92 Å². The second kappa shape index (κ2) is 7.84. The number of amides is 1. The van der Waals surface area contributed by atoms with Crippen LogP contribution in [0.2, 0.25) is 0 Å². The lowest BCUT2D eigenvalue weighted by Crippen LogP contribution is -2.48. The maximum atomic E-state index is 13.2. The van der Waals surface area contributed by atoms with Crippen LogP contribution in [0.4, 0.5) is 5.82 Å². The van der Waals surface area contributed by atoms with Gasteiger partial charge in [0.15, 0.2) is 17.0 Å². The summed E-state index contributed by atoms with van der Waals surface area (Å²) in [5, 5.41) is 3.34. The molecule has 2 fully saturated rings. The summed E-state index contributed by atoms with van der Waals surface area (Å²) in [6, 6.07) is -0.193. The van der Waals surface area contributed by atoms with Gasteiger partial charge < -0.3 is 19.5 Å². The number of imidazole rings is 1. The fraction of sp³-hybridized carbons (Fsp3) is 0.524. The highest BCUT2D eigenvalue weighted by atomic mass is 16.5. The second-order valence-corrected chi connectivity index (χ2v) is 8.03. The summed E-state index contributed by atoms with van der Waals surface area (Å²) >= 11 is 0. The van der Waals surface area contributed by atoms with E-state index < -0.39 is 0 Å². The SMILES string of the molecule is CCC(Nc1ncnc2c1nc(-c1cnc(C)nc1)n2CC)C(=O)N1C[C@@H]2C[C@H]1CO2. The van der Waals surface area contributed by atoms with E-state index in [1.165, 1.54) is 6.33 Å². The number of hydrogen-bond acceptors (Lipinski definition) is 8. The second-order valence-electron chi connectivity index (χ2n) is 8.03. The molecule has 0 spiro atoms. The molecule has 1 N–H and O–H groups in total. The van der Waals surface area contributed by atoms with Gasteiger partial charge in [-0.15, -0.1) is 0 Å². The normalized spacial score (nSPS) is 21.1. The predicted octanol–water partition coefficient (Wildman–Crippen LogP) is 1.80. The average molecular weight is 422 g/mol. The van der Waals surface area contributed by atoms with E-state index in [2.05, 4.69) is 25.3 Å². The Morgan fingerprint density at radius 2 is 2.06 bits per heavy atom. The lowest BCUT2D eigenvalue weighted by molar-refractivity contribution is -0.136. The Labute approximate surface area is 180 Å². The van der Waals surface area contributed by atoms with Crippen molar-refractivity contribution in [3.63, 3.8) is 0 Å². The molecule has 3 aromatic heterocycles. The molecule has 10 nitrogen and oxygen atoms in total. The third-order valence-corrected chi connectivity index (χ3v) is 6.09. The molecule has 162 valence electrons. The van der Waals surface area contributed by atoms with Crippen molar-refractivity contribution in [2.24, 2.45) is 0 Å². The summed E-state index contributed by atoms with van der Waals surface area (Å²) in [6.07, 6.45) is 6.79. The van der Waals surface area contributed by atoms with Crippen LogP contribution in [0.5, 0.6) is 0 Å². The number of morpholine rings is 1. The van der Waals surface area contributed by atoms with Gasteiger partial charge in [-0.3, -0.25) is 4.79 Å². The van der Waals surface area contributed by atoms with E-state index in [4.69, 9.17) is 9.72 Å². The standard InChI is InChI=1S/C21H26N8O2/c1-4-16(21(30)29-9-15-6-14(29)10-31-15)26-18-17-20(25-11-24-18)28(5-2)19(27-17)13-7-22-12(3)23-8-13/h7-8,11,14-16H,4-6,9-10H2,1-3H3,(H,24,25,26)/t14-,15-,16?/m0/s1. The molecule has 3 atom stereocenters. The van der Waals surface area contributed by atoms with Gasteiger partial charge >= 0.3 is 0 Å². The monoisotopic (exact) mass is 422 g/mol. The van der Waals surface area contributed by atoms with Gasteiger partial charge in [-0.2, -0.15) is 0 Å². The highest BCUT2D eigenvalue weighted by molar-refractivity contribution is 5.90. The maximum absolute atomic E-state index is 13.2. The van der Waals surface area contributed by atoms with Gasteiger partial charge in [-0.1, -0.05) is 6.92 Å². The van der Waals surface area contributed by atoms with Gasteiger partial charge in [-0.25, -0.2) is 24.9 Å². The number of likely N-dealkylation sites (tertiary alicyclic amines) is 1. The van der Waals surface area contributed by atoms with Crippen LogP contribution in [0.25, 0.3) is 22.6 Å². The summed E-state index contributed by atoms with van der Waals surface area (Å²) in [5.74, 6) is 2.09. The lowest BCUT2D eigenvalue weighted by Gasteiger charge is -2.30. The van der Waals surface area contributed by atoms with Crippen molar-refractivity contribution < 1.29 is 9.53 Å². The van der Waals surface area contributed by atoms with Crippen molar-refractivity contribution in [2.45, 2.75) is 58.3 Å². The van der Waals surface area contributed by atoms with Crippen molar-refractivity contribution in [3.8, 4) is 11.4 Å². The van der Waals surface area contributed by atoms with Gasteiger partial charge in [0.05, 0.1) is 24.3 Å². The van der Waals surface area contributed by atoms with E-state index >= 15 is 0 Å². The van der Waals surface area contributed by atoms with Crippen LogP contribution in [-0.2, 0) is 16.1 Å². The summed E-state index contributed by atoms with van der Waals surface area (Å²) < 4.78 is 7.65. The van der Waals surface area contributed by atoms with E-state index in [1.807, 2.05) is 30.2 Å². The third kappa shape index (κ3) is 3.40. The predicted molar refractivity (Wildman–Crippen MR) is 114 cm³/mol. The number of nitrogens with zero attached hydrogens (tertiary/aromatic N) is 7. The molecule has 0 saturated carbocycles. The van der Waals surface area contributed by atoms with Gasteiger partial charge in [0, 0.05) is 25.5 Å². The number of fused-ring (bicyclic) bond motifs is 3. The van der Waals surface area contributed by atoms with Gasteiger partial charge in [0.2, 0.25) is 5.91 Å². The molecular formula is C21H26N8O2. The Morgan fingerprint density at radius 1 is 1.26 bits per heavy atom. The molecule has 2 aliphatic rings. The number of aromatic nitrogens is 6. The van der Waals surface area contributed by atoms with Crippen molar-refractivity contribution in [3.05, 3.63) is 24.5 Å². The number of carbonyl (C=O) groups excluding carboxylic acids is 1. The van der Waals surface area contributed by atoms with E-state index in [0.717, 1.165) is 17.8 Å². The molecule has 2 aliphatic heterocycles. The number of rotatable bonds is 6. The fourth-order valence-electron chi connectivity index (χ4n) is 4.44. The number of aryl methyl sites for hydroxylation is 2. The van der Waals surface area contributed by atoms with Crippen LogP contribution in [0.15, 0.2) is 18.7 Å². The number of hydrogen-bond donors (Lipinski definition) is 1. The molecule has 0 radical (unpaired) electrons. The van der Waals surface area contributed by atoms with Crippen LogP contribution in [0.1, 0.15) is 32.5 Å². The van der Waals surface area contributed by atoms with Crippen LogP contribution in [0.3, 0.4) is 0 Å². The Balaban J connectivity index is 1.48. The first-order chi connectivity index (χ1) is 15.1. The van der Waals surface area contributed by atoms with Crippen LogP contribution >= 0.6 is 0 Å². The lowest BCUT2D eigenvalue weighted by atomic mass is 10.1. The topological polar surface area (TPSA) is 111 Å². The van der Waals surface area contributed by atoms with Crippen molar-refractivity contribution in [2.75, 3.05) is 18.5 Å². The number of nitrogens with one attached hydrogen (secondary N) is 1. The largest absolute Gasteiger partial charge is 0.374 e. The molecule has 0 aliphatic carbocycles. The molecule has 5 rings (SSSR count). The summed E-state index contributed by atoms with van der Waals surface area (Å²) in [4.78, 5) is 37.5. The van der Waals surface area contributed by atoms with Crippen molar-refractivity contribution >= 4 is 22.9 Å². The minimum Gasteiger partial charge on any atom is -0.374 e. The van der Waals surface area contributed by atoms with Gasteiger partial charge in [-0.05, 0) is 26.7 Å². The summed E-state index contributed by atoms with van der Waals surface area (Å²) in [7, 11) is 0. The molecule has 31 heavy (non-hydrogen) atoms. The molecule has 5 heterocycles. The first kappa shape index (κ1) is 19.8. The Kier molecular flexibility index (Phi) is 5.01. The average Bonchev–Trinajstić information content (AvgIpc) is 3.51. The molecule has 3 aromatic rings. The summed E-state index contributed by atoms with van der Waals surface area (Å²) in [5.41, 5.74) is 2.16. The number of carbonyl (C=O) groups is 1. The highest BCUT2D eigenvalue weighted by Gasteiger charge is 2.43. The van der Waals surface area contributed by atoms with E-state index in [1.54, 1.807) is 12.4 Å². The fourth-order valence-corrected chi connectivity index (χ4v) is 4.44. The van der Waals surface area contributed by atoms with E-state index in [-0.39, 0.29) is 24.1 Å². The molecule has 1 unspecified atom stereocenters. The highest BCUT2D eigenvalue weighted by Crippen LogP contribution is 2.30. The minimum absolute atomic E-state index is 0.0899. The van der Waals surface area contributed by atoms with E-state index in [9.17, 15) is 4.79 Å². The first-order valence-corrected chi connectivity index (χ1v) is 10.8. The summed E-state index contributed by atoms with van der Waals surface area (Å²) in [6.45, 7) is 7.87. The zero-order chi connectivity index (χ0) is 21.5. The zero-order valence-corrected chi connectivity index (χ0v) is 17.9. The minimum atomic E-state index is -0.379. The smallest absolute Gasteiger partial charge is 0.245 e. The molecule has 2 saturated heterocycles. The van der Waals surface area contributed by atoms with Crippen molar-refractivity contribution in [1.29, 1.82) is 0 Å². The molecule has 2 bridgehead atoms. The van der Waals surface area contributed by atoms with Gasteiger partial charge in [0.1, 0.15) is 24.0 Å². The first-order valence-electron chi connectivity index (χ1n) is 10.8. The number of ether oxygens (including phenoxy) is 1. The third-order valence-electron chi connectivity index (χ3n) is 6.09. The van der Waals surface area contributed by atoms with E-state index in [0.29, 0.717) is 48.9 Å². The quantitative estimate of drug-likeness (QED) is 0.640. The Hall–Kier alpha value is -3.14. The molecule has 10 heteroatoms. The van der Waals surface area contributed by atoms with Crippen molar-refractivity contribution in [1.82, 2.24) is 34.4 Å².